The van der Waals surface area contributed by atoms with Crippen molar-refractivity contribution in [2.45, 2.75) is 19.1 Å². The number of piperidine rings is 1. The van der Waals surface area contributed by atoms with Gasteiger partial charge in [-0.1, -0.05) is 0 Å². The molecular weight excluding hydrogens is 180 g/mol. The summed E-state index contributed by atoms with van der Waals surface area (Å²) in [7, 11) is 3.36. The number of ether oxygens (including phenoxy) is 2. The molecule has 1 fully saturated rings. The zero-order valence-electron chi connectivity index (χ0n) is 9.24. The van der Waals surface area contributed by atoms with Crippen molar-refractivity contribution in [1.82, 2.24) is 4.90 Å². The number of hydrogen-bond donors (Lipinski definition) is 1. The minimum atomic E-state index is -0.0931. The van der Waals surface area contributed by atoms with Crippen LogP contribution in [0.25, 0.3) is 0 Å². The van der Waals surface area contributed by atoms with Crippen LogP contribution < -0.4 is 5.73 Å². The molecule has 0 aromatic heterocycles. The highest BCUT2D eigenvalue weighted by Crippen LogP contribution is 2.16. The maximum Gasteiger partial charge on any atom is 0.169 e. The smallest absolute Gasteiger partial charge is 0.169 e. The minimum absolute atomic E-state index is 0.0931. The third kappa shape index (κ3) is 3.53. The van der Waals surface area contributed by atoms with Crippen LogP contribution in [0.5, 0.6) is 0 Å². The standard InChI is InChI=1S/C10H22N2O2/c1-13-10(14-2)8-12-5-3-9(7-11)4-6-12/h9-10H,3-8,11H2,1-2H3. The van der Waals surface area contributed by atoms with Crippen LogP contribution in [0.2, 0.25) is 0 Å². The number of nitrogens with two attached hydrogens (primary N) is 1. The molecule has 0 bridgehead atoms. The monoisotopic (exact) mass is 202 g/mol. The molecule has 1 aliphatic rings. The van der Waals surface area contributed by atoms with Crippen molar-refractivity contribution < 1.29 is 9.47 Å². The molecule has 4 nitrogen and oxygen atoms in total. The van der Waals surface area contributed by atoms with Crippen LogP contribution in [0, 0.1) is 5.92 Å². The van der Waals surface area contributed by atoms with Gasteiger partial charge >= 0.3 is 0 Å². The summed E-state index contributed by atoms with van der Waals surface area (Å²) in [6, 6.07) is 0. The number of nitrogens with zero attached hydrogens (tertiary/aromatic N) is 1. The van der Waals surface area contributed by atoms with Gasteiger partial charge in [-0.2, -0.15) is 0 Å². The number of methoxy groups -OCH3 is 2. The van der Waals surface area contributed by atoms with Gasteiger partial charge in [0.15, 0.2) is 6.29 Å². The van der Waals surface area contributed by atoms with E-state index in [0.29, 0.717) is 0 Å². The Bertz CT molecular complexity index is 143. The Balaban J connectivity index is 2.21. The first-order valence-electron chi connectivity index (χ1n) is 5.28. The van der Waals surface area contributed by atoms with E-state index in [0.717, 1.165) is 32.1 Å². The molecule has 0 radical (unpaired) electrons. The second-order valence-corrected chi connectivity index (χ2v) is 3.88. The molecule has 0 atom stereocenters. The molecule has 1 saturated heterocycles. The number of rotatable bonds is 5. The summed E-state index contributed by atoms with van der Waals surface area (Å²) in [5.74, 6) is 0.717. The highest BCUT2D eigenvalue weighted by atomic mass is 16.7. The predicted octanol–water partition coefficient (Wildman–Crippen LogP) is 0.276. The van der Waals surface area contributed by atoms with Gasteiger partial charge in [-0.3, -0.25) is 4.90 Å². The maximum absolute atomic E-state index is 5.63. The van der Waals surface area contributed by atoms with Gasteiger partial charge in [0.05, 0.1) is 0 Å². The number of likely N-dealkylation sites (tertiary alicyclic amines) is 1. The molecule has 1 aliphatic heterocycles. The van der Waals surface area contributed by atoms with Crippen LogP contribution in [0.15, 0.2) is 0 Å². The molecule has 0 amide bonds. The molecule has 1 rings (SSSR count). The van der Waals surface area contributed by atoms with E-state index in [1.165, 1.54) is 12.8 Å². The van der Waals surface area contributed by atoms with Gasteiger partial charge in [-0.25, -0.2) is 0 Å². The lowest BCUT2D eigenvalue weighted by Crippen LogP contribution is -2.41. The van der Waals surface area contributed by atoms with E-state index in [2.05, 4.69) is 4.90 Å². The zero-order chi connectivity index (χ0) is 10.4. The van der Waals surface area contributed by atoms with E-state index in [-0.39, 0.29) is 6.29 Å². The molecule has 2 N–H and O–H groups in total. The Kier molecular flexibility index (Phi) is 5.40. The van der Waals surface area contributed by atoms with Gasteiger partial charge < -0.3 is 15.2 Å². The molecule has 0 aliphatic carbocycles. The second kappa shape index (κ2) is 6.35. The molecule has 0 aromatic rings. The van der Waals surface area contributed by atoms with E-state index >= 15 is 0 Å². The third-order valence-electron chi connectivity index (χ3n) is 2.97. The molecule has 1 heterocycles. The van der Waals surface area contributed by atoms with Crippen LogP contribution in [-0.4, -0.2) is 51.6 Å². The van der Waals surface area contributed by atoms with E-state index in [1.54, 1.807) is 14.2 Å². The summed E-state index contributed by atoms with van der Waals surface area (Å²) in [5, 5.41) is 0. The molecule has 14 heavy (non-hydrogen) atoms. The lowest BCUT2D eigenvalue weighted by atomic mass is 9.97. The summed E-state index contributed by atoms with van der Waals surface area (Å²) < 4.78 is 10.3. The second-order valence-electron chi connectivity index (χ2n) is 3.88. The Hall–Kier alpha value is -0.160. The average molecular weight is 202 g/mol. The lowest BCUT2D eigenvalue weighted by Gasteiger charge is -2.32. The minimum Gasteiger partial charge on any atom is -0.355 e. The van der Waals surface area contributed by atoms with E-state index < -0.39 is 0 Å². The SMILES string of the molecule is COC(CN1CCC(CN)CC1)OC. The Morgan fingerprint density at radius 3 is 2.29 bits per heavy atom. The van der Waals surface area contributed by atoms with E-state index in [9.17, 15) is 0 Å². The topological polar surface area (TPSA) is 47.7 Å². The van der Waals surface area contributed by atoms with Gasteiger partial charge in [0.1, 0.15) is 0 Å². The van der Waals surface area contributed by atoms with Crippen LogP contribution in [0.4, 0.5) is 0 Å². The van der Waals surface area contributed by atoms with Crippen molar-refractivity contribution in [1.29, 1.82) is 0 Å². The van der Waals surface area contributed by atoms with Crippen LogP contribution in [-0.2, 0) is 9.47 Å². The van der Waals surface area contributed by atoms with Gasteiger partial charge in [0.25, 0.3) is 0 Å². The van der Waals surface area contributed by atoms with Crippen molar-refractivity contribution in [3.8, 4) is 0 Å². The maximum atomic E-state index is 5.63. The zero-order valence-corrected chi connectivity index (χ0v) is 9.24. The van der Waals surface area contributed by atoms with Gasteiger partial charge in [-0.15, -0.1) is 0 Å². The molecule has 0 saturated carbocycles. The fourth-order valence-corrected chi connectivity index (χ4v) is 1.86. The molecule has 0 spiro atoms. The highest BCUT2D eigenvalue weighted by molar-refractivity contribution is 4.73. The van der Waals surface area contributed by atoms with Crippen LogP contribution in [0.3, 0.4) is 0 Å². The molecule has 84 valence electrons. The Morgan fingerprint density at radius 1 is 1.29 bits per heavy atom. The van der Waals surface area contributed by atoms with E-state index in [4.69, 9.17) is 15.2 Å². The summed E-state index contributed by atoms with van der Waals surface area (Å²) >= 11 is 0. The summed E-state index contributed by atoms with van der Waals surface area (Å²) in [5.41, 5.74) is 5.63. The van der Waals surface area contributed by atoms with Crippen molar-refractivity contribution in [2.75, 3.05) is 40.4 Å². The quantitative estimate of drug-likeness (QED) is 0.650. The molecule has 0 unspecified atom stereocenters. The lowest BCUT2D eigenvalue weighted by molar-refractivity contribution is -0.118. The fraction of sp³-hybridized carbons (Fsp3) is 1.00. The average Bonchev–Trinajstić information content (AvgIpc) is 2.26. The van der Waals surface area contributed by atoms with Gasteiger partial charge in [-0.05, 0) is 38.4 Å². The van der Waals surface area contributed by atoms with Crippen LogP contribution >= 0.6 is 0 Å². The van der Waals surface area contributed by atoms with E-state index in [1.807, 2.05) is 0 Å². The van der Waals surface area contributed by atoms with Crippen molar-refractivity contribution in [3.63, 3.8) is 0 Å². The van der Waals surface area contributed by atoms with Crippen molar-refractivity contribution in [3.05, 3.63) is 0 Å². The molecular formula is C10H22N2O2. The summed E-state index contributed by atoms with van der Waals surface area (Å²) in [6.45, 7) is 3.92. The number of hydrogen-bond acceptors (Lipinski definition) is 4. The summed E-state index contributed by atoms with van der Waals surface area (Å²) in [6.07, 6.45) is 2.32. The first-order chi connectivity index (χ1) is 6.80. The normalized spacial score (nSPS) is 20.6. The van der Waals surface area contributed by atoms with Gasteiger partial charge in [0, 0.05) is 20.8 Å². The van der Waals surface area contributed by atoms with Crippen molar-refractivity contribution >= 4 is 0 Å². The Morgan fingerprint density at radius 2 is 1.86 bits per heavy atom. The van der Waals surface area contributed by atoms with Crippen LogP contribution in [0.1, 0.15) is 12.8 Å². The van der Waals surface area contributed by atoms with Gasteiger partial charge in [0.2, 0.25) is 0 Å². The Labute approximate surface area is 86.3 Å². The highest BCUT2D eigenvalue weighted by Gasteiger charge is 2.20. The molecule has 4 heteroatoms. The summed E-state index contributed by atoms with van der Waals surface area (Å²) in [4.78, 5) is 2.38. The largest absolute Gasteiger partial charge is 0.355 e. The molecule has 0 aromatic carbocycles. The third-order valence-corrected chi connectivity index (χ3v) is 2.97. The first kappa shape index (κ1) is 11.9. The predicted molar refractivity (Wildman–Crippen MR) is 56.0 cm³/mol. The fourth-order valence-electron chi connectivity index (χ4n) is 1.86. The first-order valence-corrected chi connectivity index (χ1v) is 5.28. The van der Waals surface area contributed by atoms with Crippen molar-refractivity contribution in [2.24, 2.45) is 11.7 Å².